The first-order chi connectivity index (χ1) is 7.27. The monoisotopic (exact) mass is 219 g/mol. The second-order valence-electron chi connectivity index (χ2n) is 3.12. The molecule has 0 unspecified atom stereocenters. The van der Waals surface area contributed by atoms with E-state index in [9.17, 15) is 4.79 Å². The molecule has 0 aromatic heterocycles. The number of nitriles is 1. The summed E-state index contributed by atoms with van der Waals surface area (Å²) in [6.07, 6.45) is 0.517. The molecule has 1 rings (SSSR count). The number of hydrogen-bond donors (Lipinski definition) is 0. The van der Waals surface area contributed by atoms with Crippen LogP contribution in [0, 0.1) is 17.2 Å². The van der Waals surface area contributed by atoms with Gasteiger partial charge in [-0.05, 0) is 17.7 Å². The first-order valence-electron chi connectivity index (χ1n) is 4.88. The highest BCUT2D eigenvalue weighted by molar-refractivity contribution is 8.13. The van der Waals surface area contributed by atoms with Gasteiger partial charge in [-0.1, -0.05) is 49.0 Å². The maximum atomic E-state index is 11.5. The molecule has 78 valence electrons. The highest BCUT2D eigenvalue weighted by Crippen LogP contribution is 2.15. The number of rotatable bonds is 4. The molecule has 0 radical (unpaired) electrons. The maximum absolute atomic E-state index is 11.5. The molecule has 1 atom stereocenters. The summed E-state index contributed by atoms with van der Waals surface area (Å²) in [5.74, 6) is 0.212. The lowest BCUT2D eigenvalue weighted by molar-refractivity contribution is -0.112. The number of carbonyl (C=O) groups excluding carboxylic acids is 1. The molecule has 0 N–H and O–H groups in total. The Morgan fingerprint density at radius 1 is 1.47 bits per heavy atom. The topological polar surface area (TPSA) is 40.9 Å². The van der Waals surface area contributed by atoms with Gasteiger partial charge in [0.25, 0.3) is 0 Å². The second-order valence-corrected chi connectivity index (χ2v) is 4.39. The lowest BCUT2D eigenvalue weighted by Gasteiger charge is -2.06. The molecule has 0 saturated heterocycles. The van der Waals surface area contributed by atoms with Gasteiger partial charge in [0.05, 0.1) is 6.07 Å². The highest BCUT2D eigenvalue weighted by Gasteiger charge is 2.17. The molecule has 0 aliphatic heterocycles. The van der Waals surface area contributed by atoms with E-state index in [1.54, 1.807) is 0 Å². The van der Waals surface area contributed by atoms with E-state index in [-0.39, 0.29) is 5.12 Å². The molecule has 0 fully saturated rings. The summed E-state index contributed by atoms with van der Waals surface area (Å²) >= 11 is 1.22. The zero-order valence-electron chi connectivity index (χ0n) is 8.64. The van der Waals surface area contributed by atoms with Gasteiger partial charge < -0.3 is 0 Å². The smallest absolute Gasteiger partial charge is 0.206 e. The minimum Gasteiger partial charge on any atom is -0.286 e. The zero-order valence-corrected chi connectivity index (χ0v) is 9.46. The van der Waals surface area contributed by atoms with Gasteiger partial charge in [0.15, 0.2) is 0 Å². The van der Waals surface area contributed by atoms with Crippen LogP contribution in [0.25, 0.3) is 0 Å². The van der Waals surface area contributed by atoms with Crippen molar-refractivity contribution in [3.05, 3.63) is 35.9 Å². The molecule has 0 aliphatic carbocycles. The summed E-state index contributed by atoms with van der Waals surface area (Å²) < 4.78 is 0. The Bertz CT molecular complexity index is 356. The van der Waals surface area contributed by atoms with Gasteiger partial charge in [0.2, 0.25) is 5.12 Å². The third-order valence-corrected chi connectivity index (χ3v) is 2.87. The first-order valence-corrected chi connectivity index (χ1v) is 5.86. The van der Waals surface area contributed by atoms with Crippen molar-refractivity contribution in [2.75, 3.05) is 5.75 Å². The van der Waals surface area contributed by atoms with E-state index in [0.717, 1.165) is 11.3 Å². The average molecular weight is 219 g/mol. The molecule has 1 aromatic carbocycles. The van der Waals surface area contributed by atoms with Crippen LogP contribution in [0.15, 0.2) is 30.3 Å². The summed E-state index contributed by atoms with van der Waals surface area (Å²) in [5.41, 5.74) is 1.04. The molecule has 0 aliphatic rings. The average Bonchev–Trinajstić information content (AvgIpc) is 2.27. The molecule has 0 bridgehead atoms. The summed E-state index contributed by atoms with van der Waals surface area (Å²) in [4.78, 5) is 11.5. The summed E-state index contributed by atoms with van der Waals surface area (Å²) in [6, 6.07) is 11.7. The van der Waals surface area contributed by atoms with Crippen molar-refractivity contribution >= 4 is 16.9 Å². The van der Waals surface area contributed by atoms with Gasteiger partial charge in [-0.15, -0.1) is 0 Å². The van der Waals surface area contributed by atoms with Crippen LogP contribution < -0.4 is 0 Å². The van der Waals surface area contributed by atoms with Gasteiger partial charge in [-0.25, -0.2) is 0 Å². The first kappa shape index (κ1) is 11.8. The van der Waals surface area contributed by atoms with Crippen LogP contribution in [0.2, 0.25) is 0 Å². The van der Waals surface area contributed by atoms with E-state index in [4.69, 9.17) is 5.26 Å². The number of thioether (sulfide) groups is 1. The van der Waals surface area contributed by atoms with Crippen LogP contribution in [-0.4, -0.2) is 10.9 Å². The normalized spacial score (nSPS) is 11.7. The van der Waals surface area contributed by atoms with Crippen molar-refractivity contribution in [2.24, 2.45) is 5.92 Å². The van der Waals surface area contributed by atoms with Crippen LogP contribution >= 0.6 is 11.8 Å². The molecular weight excluding hydrogens is 206 g/mol. The maximum Gasteiger partial charge on any atom is 0.206 e. The molecule has 0 heterocycles. The Hall–Kier alpha value is -1.27. The number of benzene rings is 1. The largest absolute Gasteiger partial charge is 0.286 e. The summed E-state index contributed by atoms with van der Waals surface area (Å²) in [6.45, 7) is 1.92. The molecular formula is C12H13NOS. The predicted molar refractivity (Wildman–Crippen MR) is 62.4 cm³/mol. The van der Waals surface area contributed by atoms with Crippen LogP contribution in [0.1, 0.15) is 12.5 Å². The molecule has 15 heavy (non-hydrogen) atoms. The quantitative estimate of drug-likeness (QED) is 0.781. The standard InChI is InChI=1S/C12H13NOS/c1-2-15-12(14)11(9-13)8-10-6-4-3-5-7-10/h3-7,11H,2,8H2,1H3/t11-/m1/s1. The fourth-order valence-electron chi connectivity index (χ4n) is 1.27. The fourth-order valence-corrected chi connectivity index (χ4v) is 1.90. The van der Waals surface area contributed by atoms with Crippen LogP contribution in [0.4, 0.5) is 0 Å². The minimum atomic E-state index is -0.516. The van der Waals surface area contributed by atoms with Crippen LogP contribution in [0.3, 0.4) is 0 Å². The number of carbonyl (C=O) groups is 1. The van der Waals surface area contributed by atoms with E-state index >= 15 is 0 Å². The van der Waals surface area contributed by atoms with Crippen molar-refractivity contribution in [1.29, 1.82) is 5.26 Å². The van der Waals surface area contributed by atoms with Gasteiger partial charge >= 0.3 is 0 Å². The highest BCUT2D eigenvalue weighted by atomic mass is 32.2. The Kier molecular flexibility index (Phi) is 4.92. The third-order valence-electron chi connectivity index (χ3n) is 2.01. The summed E-state index contributed by atoms with van der Waals surface area (Å²) in [5, 5.41) is 8.88. The molecule has 0 amide bonds. The Labute approximate surface area is 94.3 Å². The Morgan fingerprint density at radius 3 is 2.67 bits per heavy atom. The third kappa shape index (κ3) is 3.77. The zero-order chi connectivity index (χ0) is 11.1. The molecule has 2 nitrogen and oxygen atoms in total. The summed E-state index contributed by atoms with van der Waals surface area (Å²) in [7, 11) is 0. The van der Waals surface area contributed by atoms with Gasteiger partial charge in [-0.3, -0.25) is 4.79 Å². The van der Waals surface area contributed by atoms with Gasteiger partial charge in [0.1, 0.15) is 5.92 Å². The predicted octanol–water partition coefficient (Wildman–Crippen LogP) is 2.65. The van der Waals surface area contributed by atoms with Crippen molar-refractivity contribution in [3.63, 3.8) is 0 Å². The fraction of sp³-hybridized carbons (Fsp3) is 0.333. The SMILES string of the molecule is CCSC(=O)[C@@H](C#N)Cc1ccccc1. The molecule has 3 heteroatoms. The van der Waals surface area contributed by atoms with E-state index < -0.39 is 5.92 Å². The van der Waals surface area contributed by atoms with Crippen molar-refractivity contribution in [1.82, 2.24) is 0 Å². The number of nitrogens with zero attached hydrogens (tertiary/aromatic N) is 1. The van der Waals surface area contributed by atoms with Crippen molar-refractivity contribution in [2.45, 2.75) is 13.3 Å². The molecule has 0 spiro atoms. The van der Waals surface area contributed by atoms with E-state index in [1.165, 1.54) is 11.8 Å². The van der Waals surface area contributed by atoms with Crippen molar-refractivity contribution < 1.29 is 4.79 Å². The van der Waals surface area contributed by atoms with E-state index in [2.05, 4.69) is 6.07 Å². The number of hydrogen-bond acceptors (Lipinski definition) is 3. The van der Waals surface area contributed by atoms with Gasteiger partial charge in [-0.2, -0.15) is 5.26 Å². The van der Waals surface area contributed by atoms with Crippen molar-refractivity contribution in [3.8, 4) is 6.07 Å². The van der Waals surface area contributed by atoms with Gasteiger partial charge in [0, 0.05) is 0 Å². The lowest BCUT2D eigenvalue weighted by Crippen LogP contribution is -2.12. The second kappa shape index (κ2) is 6.26. The Morgan fingerprint density at radius 2 is 2.13 bits per heavy atom. The van der Waals surface area contributed by atoms with Crippen LogP contribution in [-0.2, 0) is 11.2 Å². The lowest BCUT2D eigenvalue weighted by atomic mass is 10.0. The van der Waals surface area contributed by atoms with E-state index in [1.807, 2.05) is 37.3 Å². The molecule has 0 saturated carbocycles. The Balaban J connectivity index is 2.63. The molecule has 1 aromatic rings. The van der Waals surface area contributed by atoms with E-state index in [0.29, 0.717) is 6.42 Å². The van der Waals surface area contributed by atoms with Crippen LogP contribution in [0.5, 0.6) is 0 Å². The minimum absolute atomic E-state index is 0.0242.